The molecule has 0 radical (unpaired) electrons. The summed E-state index contributed by atoms with van der Waals surface area (Å²) in [6, 6.07) is 21.7. The molecule has 4 amide bonds. The Hall–Kier alpha value is -5.40. The average molecular weight is 786 g/mol. The molecule has 4 aliphatic rings. The molecule has 8 rings (SSSR count). The van der Waals surface area contributed by atoms with E-state index < -0.39 is 69.4 Å². The third-order valence-electron chi connectivity index (χ3n) is 10.9. The van der Waals surface area contributed by atoms with E-state index in [0.29, 0.717) is 26.2 Å². The largest absolute Gasteiger partial charge is 0.508 e. The van der Waals surface area contributed by atoms with Crippen LogP contribution in [0.4, 0.5) is 21.5 Å². The molecule has 4 aromatic rings. The number of halogens is 3. The zero-order valence-electron chi connectivity index (χ0n) is 26.9. The number of phenols is 1. The number of nitrogens with one attached hydrogen (secondary N) is 1. The van der Waals surface area contributed by atoms with E-state index in [2.05, 4.69) is 21.4 Å². The Kier molecular flexibility index (Phi) is 8.03. The Labute approximate surface area is 308 Å². The Morgan fingerprint density at radius 1 is 0.904 bits per heavy atom. The summed E-state index contributed by atoms with van der Waals surface area (Å²) in [4.78, 5) is 70.0. The lowest BCUT2D eigenvalue weighted by Gasteiger charge is -2.50. The van der Waals surface area contributed by atoms with Gasteiger partial charge in [-0.25, -0.2) is 4.39 Å². The van der Waals surface area contributed by atoms with Gasteiger partial charge in [0.05, 0.1) is 39.5 Å². The molecule has 6 unspecified atom stereocenters. The molecule has 2 heterocycles. The van der Waals surface area contributed by atoms with Crippen molar-refractivity contribution in [1.82, 2.24) is 5.01 Å². The maximum Gasteiger partial charge on any atom is 0.269 e. The van der Waals surface area contributed by atoms with Crippen molar-refractivity contribution in [2.24, 2.45) is 23.7 Å². The molecule has 2 saturated heterocycles. The van der Waals surface area contributed by atoms with E-state index in [1.807, 2.05) is 6.08 Å². The van der Waals surface area contributed by atoms with E-state index in [1.165, 1.54) is 54.6 Å². The minimum absolute atomic E-state index is 0.000183. The lowest BCUT2D eigenvalue weighted by molar-refractivity contribution is -0.384. The normalized spacial score (nSPS) is 26.5. The van der Waals surface area contributed by atoms with Crippen LogP contribution in [0, 0.1) is 39.6 Å². The maximum absolute atomic E-state index is 15.2. The van der Waals surface area contributed by atoms with Crippen LogP contribution in [0.1, 0.15) is 29.9 Å². The zero-order valence-corrected chi connectivity index (χ0v) is 29.3. The smallest absolute Gasteiger partial charge is 0.269 e. The molecule has 52 heavy (non-hydrogen) atoms. The standard InChI is InChI=1S/C38H27BrClFN4O7/c39-20-3-16-31(46)29(17-20)33-26-14-15-27-32(36(49)43(34(27)47)24-10-12-25(13-11-24)45(51)52)28(26)18-30-35(48)44(42-23-8-6-22(41)7-9-23)37(50)38(30,33)19-1-4-21(40)5-2-19/h1-14,16-17,27-28,30,32-33,42,46H,15,18H2. The number of benzene rings is 4. The number of hydrogen-bond acceptors (Lipinski definition) is 8. The molecule has 11 nitrogen and oxygen atoms in total. The van der Waals surface area contributed by atoms with Crippen molar-refractivity contribution in [3.63, 3.8) is 0 Å². The van der Waals surface area contributed by atoms with E-state index in [9.17, 15) is 34.0 Å². The highest BCUT2D eigenvalue weighted by molar-refractivity contribution is 9.10. The molecule has 4 aromatic carbocycles. The van der Waals surface area contributed by atoms with Crippen molar-refractivity contribution >= 4 is 68.2 Å². The summed E-state index contributed by atoms with van der Waals surface area (Å²) in [7, 11) is 0. The summed E-state index contributed by atoms with van der Waals surface area (Å²) in [5.74, 6) is -7.40. The van der Waals surface area contributed by atoms with Gasteiger partial charge in [-0.1, -0.05) is 51.3 Å². The monoisotopic (exact) mass is 784 g/mol. The van der Waals surface area contributed by atoms with Gasteiger partial charge in [0.2, 0.25) is 11.8 Å². The molecule has 0 aromatic heterocycles. The number of nitrogens with zero attached hydrogens (tertiary/aromatic N) is 3. The molecule has 6 atom stereocenters. The third-order valence-corrected chi connectivity index (χ3v) is 11.6. The number of allylic oxidation sites excluding steroid dienone is 2. The van der Waals surface area contributed by atoms with Crippen molar-refractivity contribution in [2.45, 2.75) is 24.2 Å². The van der Waals surface area contributed by atoms with Gasteiger partial charge in [-0.2, -0.15) is 5.01 Å². The summed E-state index contributed by atoms with van der Waals surface area (Å²) >= 11 is 9.83. The number of amides is 4. The van der Waals surface area contributed by atoms with Crippen molar-refractivity contribution in [3.05, 3.63) is 139 Å². The first-order valence-corrected chi connectivity index (χ1v) is 17.6. The zero-order chi connectivity index (χ0) is 36.6. The molecular weight excluding hydrogens is 759 g/mol. The minimum Gasteiger partial charge on any atom is -0.508 e. The second kappa shape index (κ2) is 12.4. The van der Waals surface area contributed by atoms with Gasteiger partial charge >= 0.3 is 0 Å². The van der Waals surface area contributed by atoms with Gasteiger partial charge < -0.3 is 5.11 Å². The summed E-state index contributed by atoms with van der Waals surface area (Å²) < 4.78 is 14.4. The number of aromatic hydroxyl groups is 1. The van der Waals surface area contributed by atoms with E-state index in [0.717, 1.165) is 9.91 Å². The van der Waals surface area contributed by atoms with Crippen molar-refractivity contribution < 1.29 is 33.6 Å². The summed E-state index contributed by atoms with van der Waals surface area (Å²) in [6.45, 7) is 0. The number of hydrazine groups is 1. The van der Waals surface area contributed by atoms with E-state index in [-0.39, 0.29) is 35.7 Å². The van der Waals surface area contributed by atoms with Gasteiger partial charge in [-0.3, -0.25) is 39.6 Å². The first-order valence-electron chi connectivity index (χ1n) is 16.4. The van der Waals surface area contributed by atoms with Crippen molar-refractivity contribution in [1.29, 1.82) is 0 Å². The molecule has 1 saturated carbocycles. The molecule has 14 heteroatoms. The minimum atomic E-state index is -1.66. The fourth-order valence-electron chi connectivity index (χ4n) is 8.73. The molecule has 0 spiro atoms. The lowest BCUT2D eigenvalue weighted by atomic mass is 9.49. The summed E-state index contributed by atoms with van der Waals surface area (Å²) in [6.07, 6.45) is 1.99. The molecule has 2 aliphatic carbocycles. The van der Waals surface area contributed by atoms with Crippen LogP contribution >= 0.6 is 27.5 Å². The molecule has 2 N–H and O–H groups in total. The van der Waals surface area contributed by atoms with Crippen LogP contribution in [-0.4, -0.2) is 38.7 Å². The number of nitro benzene ring substituents is 1. The number of carbonyl (C=O) groups excluding carboxylic acids is 4. The van der Waals surface area contributed by atoms with Crippen LogP contribution in [0.15, 0.2) is 107 Å². The Bertz CT molecular complexity index is 2230. The van der Waals surface area contributed by atoms with Gasteiger partial charge in [0.1, 0.15) is 11.6 Å². The van der Waals surface area contributed by atoms with Crippen molar-refractivity contribution in [2.75, 3.05) is 10.3 Å². The molecule has 0 bridgehead atoms. The fraction of sp³-hybridized carbons (Fsp3) is 0.211. The van der Waals surface area contributed by atoms with Gasteiger partial charge in [-0.15, -0.1) is 0 Å². The lowest BCUT2D eigenvalue weighted by Crippen LogP contribution is -2.53. The topological polar surface area (TPSA) is 150 Å². The molecular formula is C38H27BrClFN4O7. The number of hydrogen-bond donors (Lipinski definition) is 2. The number of rotatable bonds is 6. The number of fused-ring (bicyclic) bond motifs is 4. The van der Waals surface area contributed by atoms with Gasteiger partial charge in [0.25, 0.3) is 17.5 Å². The number of imide groups is 2. The number of nitro groups is 1. The predicted octanol–water partition coefficient (Wildman–Crippen LogP) is 7.04. The van der Waals surface area contributed by atoms with E-state index in [1.54, 1.807) is 36.4 Å². The molecule has 2 aliphatic heterocycles. The second-order valence-electron chi connectivity index (χ2n) is 13.4. The van der Waals surface area contributed by atoms with Gasteiger partial charge in [0.15, 0.2) is 0 Å². The Balaban J connectivity index is 1.31. The van der Waals surface area contributed by atoms with Crippen LogP contribution in [0.3, 0.4) is 0 Å². The quantitative estimate of drug-likeness (QED) is 0.0915. The average Bonchev–Trinajstić information content (AvgIpc) is 3.51. The van der Waals surface area contributed by atoms with Crippen LogP contribution in [0.5, 0.6) is 5.75 Å². The number of non-ortho nitro benzene ring substituents is 1. The maximum atomic E-state index is 15.2. The van der Waals surface area contributed by atoms with Gasteiger partial charge in [0, 0.05) is 33.1 Å². The SMILES string of the molecule is O=C1C2CC3C(=CCC4C(=O)N(c5ccc([N+](=O)[O-])cc5)C(=O)C43)C(c3cc(Br)ccc3O)C2(c2ccc(Cl)cc2)C(=O)N1Nc1ccc(F)cc1. The van der Waals surface area contributed by atoms with E-state index >= 15 is 4.79 Å². The third kappa shape index (κ3) is 4.97. The predicted molar refractivity (Wildman–Crippen MR) is 190 cm³/mol. The Morgan fingerprint density at radius 3 is 2.27 bits per heavy atom. The molecule has 3 fully saturated rings. The van der Waals surface area contributed by atoms with Crippen LogP contribution in [0.25, 0.3) is 0 Å². The fourth-order valence-corrected chi connectivity index (χ4v) is 9.24. The Morgan fingerprint density at radius 2 is 1.60 bits per heavy atom. The van der Waals surface area contributed by atoms with Crippen molar-refractivity contribution in [3.8, 4) is 5.75 Å². The van der Waals surface area contributed by atoms with Crippen LogP contribution in [0.2, 0.25) is 5.02 Å². The molecule has 262 valence electrons. The highest BCUT2D eigenvalue weighted by atomic mass is 79.9. The second-order valence-corrected chi connectivity index (χ2v) is 14.7. The highest BCUT2D eigenvalue weighted by Gasteiger charge is 2.70. The first-order chi connectivity index (χ1) is 24.9. The number of anilines is 2. The number of carbonyl (C=O) groups is 4. The summed E-state index contributed by atoms with van der Waals surface area (Å²) in [5.41, 5.74) is 2.90. The van der Waals surface area contributed by atoms with Crippen LogP contribution in [-0.2, 0) is 24.6 Å². The van der Waals surface area contributed by atoms with Crippen LogP contribution < -0.4 is 10.3 Å². The summed E-state index contributed by atoms with van der Waals surface area (Å²) in [5, 5.41) is 24.1. The number of phenolic OH excluding ortho intramolecular Hbond substituents is 1. The highest BCUT2D eigenvalue weighted by Crippen LogP contribution is 2.65. The van der Waals surface area contributed by atoms with Gasteiger partial charge in [-0.05, 0) is 91.1 Å². The van der Waals surface area contributed by atoms with E-state index in [4.69, 9.17) is 11.6 Å². The first kappa shape index (κ1) is 33.7.